The Labute approximate surface area is 113 Å². The molecule has 0 N–H and O–H groups in total. The van der Waals surface area contributed by atoms with Crippen LogP contribution >= 0.6 is 15.9 Å². The third kappa shape index (κ3) is 4.86. The molecule has 0 aliphatic heterocycles. The molecule has 0 atom stereocenters. The van der Waals surface area contributed by atoms with E-state index < -0.39 is 28.5 Å². The van der Waals surface area contributed by atoms with Crippen LogP contribution in [-0.4, -0.2) is 22.4 Å². The lowest BCUT2D eigenvalue weighted by Gasteiger charge is -2.09. The molecule has 0 aromatic heterocycles. The lowest BCUT2D eigenvalue weighted by molar-refractivity contribution is -0.385. The molecule has 1 aromatic carbocycles. The summed E-state index contributed by atoms with van der Waals surface area (Å²) in [6, 6.07) is 2.35. The van der Waals surface area contributed by atoms with E-state index in [1.807, 2.05) is 0 Å². The molecular formula is C10H7BrF3NO4. The van der Waals surface area contributed by atoms with Gasteiger partial charge in [0.1, 0.15) is 5.75 Å². The number of nitrogens with zero attached hydrogens (tertiary/aromatic N) is 1. The second kappa shape index (κ2) is 6.00. The van der Waals surface area contributed by atoms with Gasteiger partial charge in [-0.25, -0.2) is 0 Å². The Morgan fingerprint density at radius 1 is 1.37 bits per heavy atom. The highest BCUT2D eigenvalue weighted by molar-refractivity contribution is 9.09. The highest BCUT2D eigenvalue weighted by Crippen LogP contribution is 2.28. The number of benzene rings is 1. The molecular weight excluding hydrogens is 335 g/mol. The van der Waals surface area contributed by atoms with E-state index in [4.69, 9.17) is 0 Å². The molecule has 1 rings (SSSR count). The van der Waals surface area contributed by atoms with Crippen molar-refractivity contribution in [1.82, 2.24) is 0 Å². The van der Waals surface area contributed by atoms with Gasteiger partial charge in [0.2, 0.25) is 0 Å². The number of nitro benzene ring substituents is 1. The van der Waals surface area contributed by atoms with Crippen LogP contribution < -0.4 is 4.74 Å². The molecule has 0 aliphatic rings. The number of Topliss-reactive ketones (excluding diaryl/α,β-unsaturated/α-hetero) is 1. The summed E-state index contributed by atoms with van der Waals surface area (Å²) in [5.74, 6) is -1.31. The van der Waals surface area contributed by atoms with Gasteiger partial charge in [-0.2, -0.15) is 0 Å². The van der Waals surface area contributed by atoms with Crippen molar-refractivity contribution in [2.75, 3.05) is 5.33 Å². The molecule has 19 heavy (non-hydrogen) atoms. The molecule has 0 saturated carbocycles. The van der Waals surface area contributed by atoms with Crippen molar-refractivity contribution >= 4 is 27.4 Å². The minimum Gasteiger partial charge on any atom is -0.406 e. The Hall–Kier alpha value is -1.64. The van der Waals surface area contributed by atoms with Gasteiger partial charge in [-0.1, -0.05) is 15.9 Å². The van der Waals surface area contributed by atoms with E-state index in [1.165, 1.54) is 0 Å². The van der Waals surface area contributed by atoms with Crippen LogP contribution in [0.4, 0.5) is 18.9 Å². The van der Waals surface area contributed by atoms with Crippen LogP contribution in [0.2, 0.25) is 0 Å². The van der Waals surface area contributed by atoms with E-state index in [1.54, 1.807) is 0 Å². The SMILES string of the molecule is O=C(CCBr)c1cc(OC(F)(F)F)cc([N+](=O)[O-])c1. The number of rotatable bonds is 5. The molecule has 0 fully saturated rings. The zero-order chi connectivity index (χ0) is 14.6. The summed E-state index contributed by atoms with van der Waals surface area (Å²) in [5, 5.41) is 10.9. The number of hydrogen-bond acceptors (Lipinski definition) is 4. The van der Waals surface area contributed by atoms with E-state index in [-0.39, 0.29) is 12.0 Å². The third-order valence-corrected chi connectivity index (χ3v) is 2.38. The molecule has 0 radical (unpaired) electrons. The van der Waals surface area contributed by atoms with E-state index in [2.05, 4.69) is 20.7 Å². The van der Waals surface area contributed by atoms with Crippen molar-refractivity contribution in [3.8, 4) is 5.75 Å². The molecule has 0 saturated heterocycles. The topological polar surface area (TPSA) is 69.4 Å². The van der Waals surface area contributed by atoms with E-state index in [9.17, 15) is 28.1 Å². The minimum atomic E-state index is -4.98. The molecule has 0 spiro atoms. The van der Waals surface area contributed by atoms with E-state index in [0.29, 0.717) is 11.4 Å². The first kappa shape index (κ1) is 15.4. The first-order valence-corrected chi connectivity index (χ1v) is 5.99. The monoisotopic (exact) mass is 341 g/mol. The first-order valence-electron chi connectivity index (χ1n) is 4.87. The van der Waals surface area contributed by atoms with E-state index in [0.717, 1.165) is 12.1 Å². The number of non-ortho nitro benzene ring substituents is 1. The molecule has 0 heterocycles. The number of alkyl halides is 4. The Kier molecular flexibility index (Phi) is 4.87. The fourth-order valence-electron chi connectivity index (χ4n) is 1.27. The van der Waals surface area contributed by atoms with Crippen LogP contribution in [0.25, 0.3) is 0 Å². The lowest BCUT2D eigenvalue weighted by Crippen LogP contribution is -2.17. The smallest absolute Gasteiger partial charge is 0.406 e. The summed E-state index contributed by atoms with van der Waals surface area (Å²) in [7, 11) is 0. The highest BCUT2D eigenvalue weighted by atomic mass is 79.9. The average molecular weight is 342 g/mol. The predicted octanol–water partition coefficient (Wildman–Crippen LogP) is 3.46. The van der Waals surface area contributed by atoms with Gasteiger partial charge in [-0.15, -0.1) is 13.2 Å². The fraction of sp³-hybridized carbons (Fsp3) is 0.300. The number of carbonyl (C=O) groups is 1. The van der Waals surface area contributed by atoms with Gasteiger partial charge in [0.25, 0.3) is 5.69 Å². The van der Waals surface area contributed by atoms with Gasteiger partial charge in [0, 0.05) is 23.4 Å². The maximum absolute atomic E-state index is 12.1. The Morgan fingerprint density at radius 3 is 2.47 bits per heavy atom. The van der Waals surface area contributed by atoms with Crippen LogP contribution in [-0.2, 0) is 0 Å². The fourth-order valence-corrected chi connectivity index (χ4v) is 1.63. The number of nitro groups is 1. The zero-order valence-electron chi connectivity index (χ0n) is 9.24. The summed E-state index contributed by atoms with van der Waals surface area (Å²) >= 11 is 3.00. The molecule has 0 bridgehead atoms. The Bertz CT molecular complexity index is 504. The average Bonchev–Trinajstić information content (AvgIpc) is 2.26. The van der Waals surface area contributed by atoms with Crippen molar-refractivity contribution < 1.29 is 27.6 Å². The summed E-state index contributed by atoms with van der Waals surface area (Å²) < 4.78 is 39.8. The summed E-state index contributed by atoms with van der Waals surface area (Å²) in [6.45, 7) is 0. The molecule has 9 heteroatoms. The van der Waals surface area contributed by atoms with Gasteiger partial charge in [-0.05, 0) is 6.07 Å². The van der Waals surface area contributed by atoms with Gasteiger partial charge >= 0.3 is 6.36 Å². The zero-order valence-corrected chi connectivity index (χ0v) is 10.8. The van der Waals surface area contributed by atoms with Crippen LogP contribution in [0.3, 0.4) is 0 Å². The number of hydrogen-bond donors (Lipinski definition) is 0. The summed E-state index contributed by atoms with van der Waals surface area (Å²) in [4.78, 5) is 21.3. The quantitative estimate of drug-likeness (QED) is 0.356. The third-order valence-electron chi connectivity index (χ3n) is 1.98. The second-order valence-electron chi connectivity index (χ2n) is 3.38. The van der Waals surface area contributed by atoms with Gasteiger partial charge in [-0.3, -0.25) is 14.9 Å². The second-order valence-corrected chi connectivity index (χ2v) is 4.18. The van der Waals surface area contributed by atoms with E-state index >= 15 is 0 Å². The maximum Gasteiger partial charge on any atom is 0.573 e. The van der Waals surface area contributed by atoms with Crippen molar-refractivity contribution in [3.63, 3.8) is 0 Å². The molecule has 0 aliphatic carbocycles. The molecule has 5 nitrogen and oxygen atoms in total. The van der Waals surface area contributed by atoms with Crippen LogP contribution in [0, 0.1) is 10.1 Å². The van der Waals surface area contributed by atoms with Crippen LogP contribution in [0.5, 0.6) is 5.75 Å². The normalized spacial score (nSPS) is 11.2. The van der Waals surface area contributed by atoms with Crippen LogP contribution in [0.15, 0.2) is 18.2 Å². The van der Waals surface area contributed by atoms with Crippen LogP contribution in [0.1, 0.15) is 16.8 Å². The van der Waals surface area contributed by atoms with Crippen molar-refractivity contribution in [3.05, 3.63) is 33.9 Å². The predicted molar refractivity (Wildman–Crippen MR) is 62.5 cm³/mol. The number of ketones is 1. The first-order chi connectivity index (χ1) is 8.73. The van der Waals surface area contributed by atoms with Crippen molar-refractivity contribution in [2.24, 2.45) is 0 Å². The molecule has 104 valence electrons. The summed E-state index contributed by atoms with van der Waals surface area (Å²) in [6.07, 6.45) is -4.97. The molecule has 0 unspecified atom stereocenters. The molecule has 0 amide bonds. The highest BCUT2D eigenvalue weighted by Gasteiger charge is 2.32. The van der Waals surface area contributed by atoms with Gasteiger partial charge < -0.3 is 4.74 Å². The maximum atomic E-state index is 12.1. The number of carbonyl (C=O) groups excluding carboxylic acids is 1. The largest absolute Gasteiger partial charge is 0.573 e. The van der Waals surface area contributed by atoms with Gasteiger partial charge in [0.05, 0.1) is 11.0 Å². The number of ether oxygens (including phenoxy) is 1. The van der Waals surface area contributed by atoms with Crippen molar-refractivity contribution in [1.29, 1.82) is 0 Å². The Balaban J connectivity index is 3.18. The summed E-state index contributed by atoms with van der Waals surface area (Å²) in [5.41, 5.74) is -0.840. The van der Waals surface area contributed by atoms with Crippen molar-refractivity contribution in [2.45, 2.75) is 12.8 Å². The molecule has 1 aromatic rings. The lowest BCUT2D eigenvalue weighted by atomic mass is 10.1. The minimum absolute atomic E-state index is 0.00657. The number of halogens is 4. The standard InChI is InChI=1S/C10H7BrF3NO4/c11-2-1-9(16)6-3-7(15(17)18)5-8(4-6)19-10(12,13)14/h3-5H,1-2H2. The van der Waals surface area contributed by atoms with Gasteiger partial charge in [0.15, 0.2) is 5.78 Å². The Morgan fingerprint density at radius 2 is 2.00 bits per heavy atom.